The van der Waals surface area contributed by atoms with Crippen LogP contribution in [0.3, 0.4) is 0 Å². The van der Waals surface area contributed by atoms with E-state index >= 15 is 0 Å². The summed E-state index contributed by atoms with van der Waals surface area (Å²) in [7, 11) is 0. The van der Waals surface area contributed by atoms with Crippen LogP contribution < -0.4 is 4.74 Å². The highest BCUT2D eigenvalue weighted by molar-refractivity contribution is 9.10. The molecule has 1 aliphatic rings. The van der Waals surface area contributed by atoms with Crippen molar-refractivity contribution in [2.45, 2.75) is 51.5 Å². The number of carbonyl (C=O) groups excluding carboxylic acids is 3. The standard InChI is InChI=1S/C18H21BrO9/c1-9(20)25-15-14(8-24-13-6-4-5-12(19)7-13)28-18(23)17(27-11(3)22)16(15)26-10(2)21/h4-7,14-18,23H,8H2,1-3H3/t14-,15-,16+,17-,18+/m1/s1. The zero-order chi connectivity index (χ0) is 20.8. The number of ether oxygens (including phenoxy) is 5. The number of benzene rings is 1. The monoisotopic (exact) mass is 460 g/mol. The number of hydrogen-bond acceptors (Lipinski definition) is 9. The van der Waals surface area contributed by atoms with Crippen molar-refractivity contribution in [3.05, 3.63) is 28.7 Å². The molecule has 154 valence electrons. The van der Waals surface area contributed by atoms with E-state index in [9.17, 15) is 19.5 Å². The maximum absolute atomic E-state index is 11.6. The highest BCUT2D eigenvalue weighted by Crippen LogP contribution is 2.28. The summed E-state index contributed by atoms with van der Waals surface area (Å²) in [5.74, 6) is -1.60. The summed E-state index contributed by atoms with van der Waals surface area (Å²) in [5.41, 5.74) is 0. The summed E-state index contributed by atoms with van der Waals surface area (Å²) in [6, 6.07) is 7.00. The summed E-state index contributed by atoms with van der Waals surface area (Å²) in [4.78, 5) is 34.5. The lowest BCUT2D eigenvalue weighted by atomic mass is 9.98. The van der Waals surface area contributed by atoms with Crippen molar-refractivity contribution in [3.8, 4) is 5.75 Å². The van der Waals surface area contributed by atoms with Crippen molar-refractivity contribution in [2.75, 3.05) is 6.61 Å². The molecule has 1 aliphatic heterocycles. The Morgan fingerprint density at radius 2 is 1.57 bits per heavy atom. The van der Waals surface area contributed by atoms with Crippen LogP contribution in [0.25, 0.3) is 0 Å². The van der Waals surface area contributed by atoms with E-state index in [1.807, 2.05) is 6.07 Å². The van der Waals surface area contributed by atoms with Crippen molar-refractivity contribution in [1.29, 1.82) is 0 Å². The molecule has 0 bridgehead atoms. The van der Waals surface area contributed by atoms with E-state index in [1.54, 1.807) is 18.2 Å². The Bertz CT molecular complexity index is 723. The van der Waals surface area contributed by atoms with Gasteiger partial charge in [-0.15, -0.1) is 0 Å². The molecule has 10 heteroatoms. The Labute approximate surface area is 170 Å². The van der Waals surface area contributed by atoms with Gasteiger partial charge in [0.1, 0.15) is 18.5 Å². The molecule has 0 unspecified atom stereocenters. The number of halogens is 1. The molecular weight excluding hydrogens is 440 g/mol. The molecule has 5 atom stereocenters. The minimum Gasteiger partial charge on any atom is -0.491 e. The Morgan fingerprint density at radius 1 is 1.00 bits per heavy atom. The lowest BCUT2D eigenvalue weighted by molar-refractivity contribution is -0.294. The van der Waals surface area contributed by atoms with Gasteiger partial charge in [-0.2, -0.15) is 0 Å². The van der Waals surface area contributed by atoms with E-state index in [0.717, 1.165) is 18.3 Å². The summed E-state index contributed by atoms with van der Waals surface area (Å²) in [6.07, 6.45) is -6.41. The van der Waals surface area contributed by atoms with Gasteiger partial charge in [0, 0.05) is 25.2 Å². The van der Waals surface area contributed by atoms with Crippen molar-refractivity contribution >= 4 is 33.8 Å². The summed E-state index contributed by atoms with van der Waals surface area (Å²) < 4.78 is 27.4. The van der Waals surface area contributed by atoms with Crippen LogP contribution in [0.15, 0.2) is 28.7 Å². The second kappa shape index (κ2) is 9.85. The van der Waals surface area contributed by atoms with Crippen LogP contribution in [0, 0.1) is 0 Å². The van der Waals surface area contributed by atoms with Crippen LogP contribution in [0.4, 0.5) is 0 Å². The van der Waals surface area contributed by atoms with E-state index in [4.69, 9.17) is 23.7 Å². The van der Waals surface area contributed by atoms with Crippen molar-refractivity contribution in [1.82, 2.24) is 0 Å². The van der Waals surface area contributed by atoms with E-state index < -0.39 is 48.6 Å². The predicted octanol–water partition coefficient (Wildman–Crippen LogP) is 1.34. The fraction of sp³-hybridized carbons (Fsp3) is 0.500. The molecule has 0 amide bonds. The second-order valence-electron chi connectivity index (χ2n) is 6.06. The van der Waals surface area contributed by atoms with Crippen molar-refractivity contribution in [3.63, 3.8) is 0 Å². The highest BCUT2D eigenvalue weighted by atomic mass is 79.9. The molecule has 1 aromatic rings. The van der Waals surface area contributed by atoms with Gasteiger partial charge in [-0.05, 0) is 18.2 Å². The average molecular weight is 461 g/mol. The first-order valence-electron chi connectivity index (χ1n) is 8.41. The molecule has 28 heavy (non-hydrogen) atoms. The van der Waals surface area contributed by atoms with E-state index in [1.165, 1.54) is 6.92 Å². The first kappa shape index (κ1) is 22.1. The van der Waals surface area contributed by atoms with E-state index in [2.05, 4.69) is 15.9 Å². The number of carbonyl (C=O) groups is 3. The topological polar surface area (TPSA) is 118 Å². The lowest BCUT2D eigenvalue weighted by Crippen LogP contribution is -2.62. The molecule has 1 aromatic carbocycles. The second-order valence-corrected chi connectivity index (χ2v) is 6.97. The minimum atomic E-state index is -1.61. The Hall–Kier alpha value is -2.17. The Morgan fingerprint density at radius 3 is 2.14 bits per heavy atom. The fourth-order valence-corrected chi connectivity index (χ4v) is 3.12. The molecule has 0 aromatic heterocycles. The van der Waals surface area contributed by atoms with Gasteiger partial charge in [-0.3, -0.25) is 14.4 Å². The third kappa shape index (κ3) is 6.18. The number of aliphatic hydroxyl groups is 1. The average Bonchev–Trinajstić information content (AvgIpc) is 2.58. The van der Waals surface area contributed by atoms with Crippen LogP contribution in [-0.4, -0.2) is 60.3 Å². The lowest BCUT2D eigenvalue weighted by Gasteiger charge is -2.42. The molecule has 1 N–H and O–H groups in total. The minimum absolute atomic E-state index is 0.129. The van der Waals surface area contributed by atoms with Gasteiger partial charge in [0.25, 0.3) is 0 Å². The Kier molecular flexibility index (Phi) is 7.78. The normalized spacial score (nSPS) is 26.8. The molecule has 0 aliphatic carbocycles. The smallest absolute Gasteiger partial charge is 0.303 e. The first-order chi connectivity index (χ1) is 13.2. The van der Waals surface area contributed by atoms with Gasteiger partial charge in [-0.25, -0.2) is 0 Å². The van der Waals surface area contributed by atoms with Gasteiger partial charge in [0.05, 0.1) is 0 Å². The number of aliphatic hydroxyl groups excluding tert-OH is 1. The highest BCUT2D eigenvalue weighted by Gasteiger charge is 2.51. The largest absolute Gasteiger partial charge is 0.491 e. The third-order valence-corrected chi connectivity index (χ3v) is 4.22. The van der Waals surface area contributed by atoms with Crippen LogP contribution in [0.1, 0.15) is 20.8 Å². The van der Waals surface area contributed by atoms with Gasteiger partial charge in [0.2, 0.25) is 0 Å². The predicted molar refractivity (Wildman–Crippen MR) is 97.2 cm³/mol. The van der Waals surface area contributed by atoms with Crippen molar-refractivity contribution in [2.24, 2.45) is 0 Å². The quantitative estimate of drug-likeness (QED) is 0.495. The number of hydrogen-bond donors (Lipinski definition) is 1. The van der Waals surface area contributed by atoms with E-state index in [0.29, 0.717) is 5.75 Å². The molecule has 0 radical (unpaired) electrons. The summed E-state index contributed by atoms with van der Waals surface area (Å²) in [6.45, 7) is 3.31. The summed E-state index contributed by atoms with van der Waals surface area (Å²) in [5, 5.41) is 10.3. The number of esters is 3. The first-order valence-corrected chi connectivity index (χ1v) is 9.20. The van der Waals surface area contributed by atoms with E-state index in [-0.39, 0.29) is 6.61 Å². The molecule has 1 heterocycles. The zero-order valence-electron chi connectivity index (χ0n) is 15.5. The van der Waals surface area contributed by atoms with Gasteiger partial charge in [0.15, 0.2) is 24.6 Å². The Balaban J connectivity index is 2.25. The third-order valence-electron chi connectivity index (χ3n) is 3.73. The van der Waals surface area contributed by atoms with Gasteiger partial charge >= 0.3 is 17.9 Å². The van der Waals surface area contributed by atoms with Crippen LogP contribution >= 0.6 is 15.9 Å². The van der Waals surface area contributed by atoms with Gasteiger partial charge in [-0.1, -0.05) is 22.0 Å². The van der Waals surface area contributed by atoms with Crippen molar-refractivity contribution < 1.29 is 43.2 Å². The molecular formula is C18H21BrO9. The molecule has 0 spiro atoms. The maximum atomic E-state index is 11.6. The van der Waals surface area contributed by atoms with Crippen LogP contribution in [0.5, 0.6) is 5.75 Å². The zero-order valence-corrected chi connectivity index (χ0v) is 17.1. The maximum Gasteiger partial charge on any atom is 0.303 e. The molecule has 9 nitrogen and oxygen atoms in total. The molecule has 1 saturated heterocycles. The van der Waals surface area contributed by atoms with Crippen LogP contribution in [0.2, 0.25) is 0 Å². The summed E-state index contributed by atoms with van der Waals surface area (Å²) >= 11 is 3.32. The molecule has 2 rings (SSSR count). The molecule has 1 fully saturated rings. The molecule has 0 saturated carbocycles. The fourth-order valence-electron chi connectivity index (χ4n) is 2.74. The SMILES string of the molecule is CC(=O)O[C@@H]1[C@@H](OC(C)=O)[C@@H](O)O[C@H](COc2cccc(Br)c2)[C@H]1OC(C)=O. The van der Waals surface area contributed by atoms with Crippen LogP contribution in [-0.2, 0) is 33.3 Å². The number of rotatable bonds is 6. The van der Waals surface area contributed by atoms with Gasteiger partial charge < -0.3 is 28.8 Å².